The summed E-state index contributed by atoms with van der Waals surface area (Å²) in [6, 6.07) is 16.0. The summed E-state index contributed by atoms with van der Waals surface area (Å²) in [7, 11) is 0. The van der Waals surface area contributed by atoms with Crippen LogP contribution >= 0.6 is 0 Å². The van der Waals surface area contributed by atoms with Crippen LogP contribution in [-0.4, -0.2) is 52.6 Å². The van der Waals surface area contributed by atoms with Crippen molar-refractivity contribution in [3.05, 3.63) is 48.5 Å². The molecule has 0 bridgehead atoms. The number of hydrogen-bond acceptors (Lipinski definition) is 6. The van der Waals surface area contributed by atoms with E-state index in [-0.39, 0.29) is 0 Å². The number of anilines is 4. The van der Waals surface area contributed by atoms with Gasteiger partial charge in [-0.3, -0.25) is 0 Å². The molecule has 0 radical (unpaired) electrons. The SMILES string of the molecule is Nc1ccc(N2CCOCC2)cc1.Nc1ccc(N2CCOCC2)cc1. The maximum atomic E-state index is 5.61. The van der Waals surface area contributed by atoms with Crippen LogP contribution in [0.25, 0.3) is 0 Å². The summed E-state index contributed by atoms with van der Waals surface area (Å²) in [5, 5.41) is 0. The van der Waals surface area contributed by atoms with E-state index in [1.807, 2.05) is 24.3 Å². The number of rotatable bonds is 2. The molecule has 2 aliphatic heterocycles. The first kappa shape index (κ1) is 18.4. The molecule has 2 fully saturated rings. The molecule has 2 aliphatic rings. The second-order valence-electron chi connectivity index (χ2n) is 6.38. The van der Waals surface area contributed by atoms with Crippen molar-refractivity contribution in [3.63, 3.8) is 0 Å². The highest BCUT2D eigenvalue weighted by Crippen LogP contribution is 2.18. The number of nitrogens with zero attached hydrogens (tertiary/aromatic N) is 2. The lowest BCUT2D eigenvalue weighted by atomic mass is 10.2. The lowest BCUT2D eigenvalue weighted by Crippen LogP contribution is -2.36. The van der Waals surface area contributed by atoms with Crippen molar-refractivity contribution >= 4 is 22.7 Å². The highest BCUT2D eigenvalue weighted by atomic mass is 16.5. The lowest BCUT2D eigenvalue weighted by Gasteiger charge is -2.28. The highest BCUT2D eigenvalue weighted by Gasteiger charge is 2.10. The summed E-state index contributed by atoms with van der Waals surface area (Å²) >= 11 is 0. The Morgan fingerprint density at radius 1 is 0.538 bits per heavy atom. The van der Waals surface area contributed by atoms with E-state index in [1.165, 1.54) is 11.4 Å². The van der Waals surface area contributed by atoms with Crippen LogP contribution < -0.4 is 21.3 Å². The Morgan fingerprint density at radius 2 is 0.846 bits per heavy atom. The molecule has 0 saturated carbocycles. The van der Waals surface area contributed by atoms with Crippen LogP contribution in [0.15, 0.2) is 48.5 Å². The number of hydrogen-bond donors (Lipinski definition) is 2. The van der Waals surface area contributed by atoms with Gasteiger partial charge in [-0.05, 0) is 48.5 Å². The smallest absolute Gasteiger partial charge is 0.0642 e. The van der Waals surface area contributed by atoms with Crippen LogP contribution in [-0.2, 0) is 9.47 Å². The molecular weight excluding hydrogens is 328 g/mol. The van der Waals surface area contributed by atoms with Crippen LogP contribution in [0.3, 0.4) is 0 Å². The van der Waals surface area contributed by atoms with E-state index in [4.69, 9.17) is 20.9 Å². The van der Waals surface area contributed by atoms with Crippen LogP contribution in [0.2, 0.25) is 0 Å². The van der Waals surface area contributed by atoms with Crippen LogP contribution in [0, 0.1) is 0 Å². The molecule has 2 heterocycles. The zero-order valence-electron chi connectivity index (χ0n) is 15.1. The molecule has 4 rings (SSSR count). The summed E-state index contributed by atoms with van der Waals surface area (Å²) in [6.45, 7) is 7.20. The van der Waals surface area contributed by atoms with Crippen LogP contribution in [0.1, 0.15) is 0 Å². The normalized spacial score (nSPS) is 17.4. The lowest BCUT2D eigenvalue weighted by molar-refractivity contribution is 0.122. The first-order valence-corrected chi connectivity index (χ1v) is 9.09. The van der Waals surface area contributed by atoms with Crippen molar-refractivity contribution in [2.24, 2.45) is 0 Å². The molecule has 0 amide bonds. The van der Waals surface area contributed by atoms with Gasteiger partial charge in [-0.15, -0.1) is 0 Å². The topological polar surface area (TPSA) is 77.0 Å². The van der Waals surface area contributed by atoms with E-state index in [0.29, 0.717) is 0 Å². The third-order valence-electron chi connectivity index (χ3n) is 4.54. The molecule has 6 nitrogen and oxygen atoms in total. The molecule has 0 spiro atoms. The van der Waals surface area contributed by atoms with Gasteiger partial charge in [-0.2, -0.15) is 0 Å². The summed E-state index contributed by atoms with van der Waals surface area (Å²) in [4.78, 5) is 4.62. The van der Waals surface area contributed by atoms with Gasteiger partial charge < -0.3 is 30.7 Å². The Hall–Kier alpha value is -2.44. The zero-order chi connectivity index (χ0) is 18.2. The van der Waals surface area contributed by atoms with Crippen LogP contribution in [0.5, 0.6) is 0 Å². The fourth-order valence-electron chi connectivity index (χ4n) is 3.01. The summed E-state index contributed by atoms with van der Waals surface area (Å²) in [5.41, 5.74) is 15.3. The Bertz CT molecular complexity index is 589. The first-order chi connectivity index (χ1) is 12.7. The van der Waals surface area contributed by atoms with Crippen molar-refractivity contribution in [3.8, 4) is 0 Å². The molecule has 2 aromatic rings. The summed E-state index contributed by atoms with van der Waals surface area (Å²) in [5.74, 6) is 0. The quantitative estimate of drug-likeness (QED) is 0.804. The molecule has 2 saturated heterocycles. The third kappa shape index (κ3) is 5.28. The van der Waals surface area contributed by atoms with Gasteiger partial charge in [0.25, 0.3) is 0 Å². The summed E-state index contributed by atoms with van der Waals surface area (Å²) < 4.78 is 10.6. The molecular formula is C20H28N4O2. The Balaban J connectivity index is 0.000000151. The molecule has 0 unspecified atom stereocenters. The van der Waals surface area contributed by atoms with Gasteiger partial charge in [-0.1, -0.05) is 0 Å². The standard InChI is InChI=1S/2C10H14N2O/c2*11-9-1-3-10(4-2-9)12-5-7-13-8-6-12/h2*1-4H,5-8,11H2. The van der Waals surface area contributed by atoms with Gasteiger partial charge in [0.2, 0.25) is 0 Å². The number of benzene rings is 2. The van der Waals surface area contributed by atoms with Gasteiger partial charge in [0, 0.05) is 48.9 Å². The average molecular weight is 356 g/mol. The van der Waals surface area contributed by atoms with Gasteiger partial charge >= 0.3 is 0 Å². The first-order valence-electron chi connectivity index (χ1n) is 9.09. The number of nitrogen functional groups attached to an aromatic ring is 2. The highest BCUT2D eigenvalue weighted by molar-refractivity contribution is 5.54. The molecule has 2 aromatic carbocycles. The van der Waals surface area contributed by atoms with Gasteiger partial charge in [0.15, 0.2) is 0 Å². The predicted octanol–water partition coefficient (Wildman–Crippen LogP) is 2.21. The molecule has 26 heavy (non-hydrogen) atoms. The molecule has 6 heteroatoms. The van der Waals surface area contributed by atoms with Gasteiger partial charge in [-0.25, -0.2) is 0 Å². The predicted molar refractivity (Wildman–Crippen MR) is 108 cm³/mol. The van der Waals surface area contributed by atoms with Crippen molar-refractivity contribution in [1.82, 2.24) is 0 Å². The molecule has 140 valence electrons. The molecule has 0 aliphatic carbocycles. The van der Waals surface area contributed by atoms with Crippen molar-refractivity contribution in [2.75, 3.05) is 73.9 Å². The minimum Gasteiger partial charge on any atom is -0.399 e. The van der Waals surface area contributed by atoms with Gasteiger partial charge in [0.05, 0.1) is 26.4 Å². The maximum absolute atomic E-state index is 5.61. The van der Waals surface area contributed by atoms with Gasteiger partial charge in [0.1, 0.15) is 0 Å². The van der Waals surface area contributed by atoms with Crippen molar-refractivity contribution in [2.45, 2.75) is 0 Å². The van der Waals surface area contributed by atoms with E-state index >= 15 is 0 Å². The second kappa shape index (κ2) is 9.31. The van der Waals surface area contributed by atoms with Crippen molar-refractivity contribution < 1.29 is 9.47 Å². The Labute approximate surface area is 155 Å². The third-order valence-corrected chi connectivity index (χ3v) is 4.54. The van der Waals surface area contributed by atoms with E-state index < -0.39 is 0 Å². The Kier molecular flexibility index (Phi) is 6.57. The maximum Gasteiger partial charge on any atom is 0.0642 e. The fourth-order valence-corrected chi connectivity index (χ4v) is 3.01. The monoisotopic (exact) mass is 356 g/mol. The minimum absolute atomic E-state index is 0.817. The fraction of sp³-hybridized carbons (Fsp3) is 0.400. The molecule has 4 N–H and O–H groups in total. The number of nitrogens with two attached hydrogens (primary N) is 2. The Morgan fingerprint density at radius 3 is 1.15 bits per heavy atom. The largest absolute Gasteiger partial charge is 0.399 e. The number of ether oxygens (including phenoxy) is 2. The average Bonchev–Trinajstić information content (AvgIpc) is 2.71. The van der Waals surface area contributed by atoms with E-state index in [2.05, 4.69) is 34.1 Å². The minimum atomic E-state index is 0.817. The molecule has 0 atom stereocenters. The van der Waals surface area contributed by atoms with Crippen LogP contribution in [0.4, 0.5) is 22.7 Å². The number of morpholine rings is 2. The second-order valence-corrected chi connectivity index (χ2v) is 6.38. The van der Waals surface area contributed by atoms with E-state index in [1.54, 1.807) is 0 Å². The van der Waals surface area contributed by atoms with E-state index in [9.17, 15) is 0 Å². The van der Waals surface area contributed by atoms with Crippen molar-refractivity contribution in [1.29, 1.82) is 0 Å². The zero-order valence-corrected chi connectivity index (χ0v) is 15.1. The summed E-state index contributed by atoms with van der Waals surface area (Å²) in [6.07, 6.45) is 0. The van der Waals surface area contributed by atoms with E-state index in [0.717, 1.165) is 64.0 Å². The molecule has 0 aromatic heterocycles.